The van der Waals surface area contributed by atoms with Crippen LogP contribution in [-0.2, 0) is 22.6 Å². The van der Waals surface area contributed by atoms with E-state index in [1.54, 1.807) is 43.3 Å². The summed E-state index contributed by atoms with van der Waals surface area (Å²) >= 11 is 18.8. The average molecular weight is 456 g/mol. The molecule has 0 heterocycles. The smallest absolute Gasteiger partial charge is 0.242 e. The van der Waals surface area contributed by atoms with Crippen LogP contribution in [-0.4, -0.2) is 28.3 Å². The van der Waals surface area contributed by atoms with Crippen molar-refractivity contribution < 1.29 is 9.59 Å². The predicted octanol–water partition coefficient (Wildman–Crippen LogP) is 5.52. The molecule has 2 aromatic carbocycles. The molecule has 0 aliphatic heterocycles. The molecule has 0 aliphatic carbocycles. The Hall–Kier alpha value is -1.75. The van der Waals surface area contributed by atoms with Gasteiger partial charge in [-0.15, -0.1) is 0 Å². The standard InChI is InChI=1S/C22H25Cl3N2O2/c1-14(21(29)26-22(2,3)4)27(13-16-18(24)10-7-11-19(16)25)20(28)12-15-8-5-6-9-17(15)23/h5-11,14H,12-13H2,1-4H3,(H,26,29). The van der Waals surface area contributed by atoms with Gasteiger partial charge in [0.05, 0.1) is 6.42 Å². The van der Waals surface area contributed by atoms with Crippen LogP contribution < -0.4 is 5.32 Å². The fourth-order valence-electron chi connectivity index (χ4n) is 2.82. The summed E-state index contributed by atoms with van der Waals surface area (Å²) < 4.78 is 0. The average Bonchev–Trinajstić information content (AvgIpc) is 2.61. The molecular weight excluding hydrogens is 431 g/mol. The van der Waals surface area contributed by atoms with Gasteiger partial charge in [-0.2, -0.15) is 0 Å². The van der Waals surface area contributed by atoms with Gasteiger partial charge in [0.2, 0.25) is 11.8 Å². The number of carbonyl (C=O) groups is 2. The second-order valence-corrected chi connectivity index (χ2v) is 9.13. The summed E-state index contributed by atoms with van der Waals surface area (Å²) in [6.45, 7) is 7.46. The van der Waals surface area contributed by atoms with Crippen molar-refractivity contribution in [1.29, 1.82) is 0 Å². The Kier molecular flexibility index (Phi) is 7.98. The first-order valence-corrected chi connectivity index (χ1v) is 10.4. The van der Waals surface area contributed by atoms with E-state index in [0.717, 1.165) is 0 Å². The summed E-state index contributed by atoms with van der Waals surface area (Å²) in [5.41, 5.74) is 0.863. The van der Waals surface area contributed by atoms with E-state index in [9.17, 15) is 9.59 Å². The van der Waals surface area contributed by atoms with Gasteiger partial charge < -0.3 is 10.2 Å². The van der Waals surface area contributed by atoms with Crippen LogP contribution in [0.2, 0.25) is 15.1 Å². The number of hydrogen-bond donors (Lipinski definition) is 1. The van der Waals surface area contributed by atoms with E-state index in [0.29, 0.717) is 26.2 Å². The maximum atomic E-state index is 13.2. The number of rotatable bonds is 6. The first kappa shape index (κ1) is 23.5. The van der Waals surface area contributed by atoms with Crippen LogP contribution in [0, 0.1) is 0 Å². The van der Waals surface area contributed by atoms with Gasteiger partial charge in [0, 0.05) is 32.7 Å². The van der Waals surface area contributed by atoms with E-state index < -0.39 is 11.6 Å². The molecule has 0 saturated carbocycles. The number of carbonyl (C=O) groups excluding carboxylic acids is 2. The number of hydrogen-bond acceptors (Lipinski definition) is 2. The number of halogens is 3. The molecule has 0 fully saturated rings. The lowest BCUT2D eigenvalue weighted by Crippen LogP contribution is -2.52. The Morgan fingerprint density at radius 1 is 0.966 bits per heavy atom. The molecule has 2 amide bonds. The highest BCUT2D eigenvalue weighted by atomic mass is 35.5. The zero-order valence-corrected chi connectivity index (χ0v) is 19.2. The lowest BCUT2D eigenvalue weighted by Gasteiger charge is -2.32. The zero-order chi connectivity index (χ0) is 21.8. The van der Waals surface area contributed by atoms with Crippen molar-refractivity contribution >= 4 is 46.6 Å². The monoisotopic (exact) mass is 454 g/mol. The minimum absolute atomic E-state index is 0.0644. The van der Waals surface area contributed by atoms with Gasteiger partial charge in [0.1, 0.15) is 6.04 Å². The van der Waals surface area contributed by atoms with Gasteiger partial charge in [0.25, 0.3) is 0 Å². The third kappa shape index (κ3) is 6.63. The molecule has 0 spiro atoms. The van der Waals surface area contributed by atoms with Crippen molar-refractivity contribution in [2.45, 2.75) is 52.2 Å². The van der Waals surface area contributed by atoms with Crippen LogP contribution >= 0.6 is 34.8 Å². The SMILES string of the molecule is CC(C(=O)NC(C)(C)C)N(Cc1c(Cl)cccc1Cl)C(=O)Cc1ccccc1Cl. The lowest BCUT2D eigenvalue weighted by molar-refractivity contribution is -0.140. The molecule has 29 heavy (non-hydrogen) atoms. The first-order chi connectivity index (χ1) is 13.5. The van der Waals surface area contributed by atoms with Crippen LogP contribution in [0.15, 0.2) is 42.5 Å². The first-order valence-electron chi connectivity index (χ1n) is 9.27. The summed E-state index contributed by atoms with van der Waals surface area (Å²) in [4.78, 5) is 27.5. The third-order valence-electron chi connectivity index (χ3n) is 4.36. The second-order valence-electron chi connectivity index (χ2n) is 7.91. The summed E-state index contributed by atoms with van der Waals surface area (Å²) in [6.07, 6.45) is 0.0644. The highest BCUT2D eigenvalue weighted by molar-refractivity contribution is 6.36. The molecule has 0 radical (unpaired) electrons. The van der Waals surface area contributed by atoms with Crippen LogP contribution in [0.25, 0.3) is 0 Å². The van der Waals surface area contributed by atoms with Crippen LogP contribution in [0.4, 0.5) is 0 Å². The molecule has 2 aromatic rings. The van der Waals surface area contributed by atoms with E-state index in [1.807, 2.05) is 26.8 Å². The van der Waals surface area contributed by atoms with E-state index in [1.165, 1.54) is 4.90 Å². The summed E-state index contributed by atoms with van der Waals surface area (Å²) in [7, 11) is 0. The van der Waals surface area contributed by atoms with Gasteiger partial charge in [-0.05, 0) is 51.5 Å². The summed E-state index contributed by atoms with van der Waals surface area (Å²) in [6, 6.07) is 11.6. The molecule has 0 saturated heterocycles. The number of benzene rings is 2. The minimum atomic E-state index is -0.725. The lowest BCUT2D eigenvalue weighted by atomic mass is 10.1. The van der Waals surface area contributed by atoms with Crippen molar-refractivity contribution in [3.63, 3.8) is 0 Å². The number of amides is 2. The molecular formula is C22H25Cl3N2O2. The summed E-state index contributed by atoms with van der Waals surface area (Å²) in [5.74, 6) is -0.501. The number of nitrogens with zero attached hydrogens (tertiary/aromatic N) is 1. The van der Waals surface area contributed by atoms with Crippen LogP contribution in [0.1, 0.15) is 38.8 Å². The van der Waals surface area contributed by atoms with E-state index in [-0.39, 0.29) is 24.8 Å². The minimum Gasteiger partial charge on any atom is -0.350 e. The Balaban J connectivity index is 2.35. The highest BCUT2D eigenvalue weighted by Gasteiger charge is 2.29. The van der Waals surface area contributed by atoms with Gasteiger partial charge in [-0.25, -0.2) is 0 Å². The van der Waals surface area contributed by atoms with Crippen molar-refractivity contribution in [2.24, 2.45) is 0 Å². The fourth-order valence-corrected chi connectivity index (χ4v) is 3.54. The molecule has 0 bridgehead atoms. The van der Waals surface area contributed by atoms with Crippen molar-refractivity contribution in [3.05, 3.63) is 68.7 Å². The third-order valence-corrected chi connectivity index (χ3v) is 5.43. The molecule has 1 unspecified atom stereocenters. The largest absolute Gasteiger partial charge is 0.350 e. The molecule has 2 rings (SSSR count). The Morgan fingerprint density at radius 3 is 2.07 bits per heavy atom. The van der Waals surface area contributed by atoms with Crippen molar-refractivity contribution in [3.8, 4) is 0 Å². The van der Waals surface area contributed by atoms with Gasteiger partial charge in [-0.1, -0.05) is 59.1 Å². The predicted molar refractivity (Wildman–Crippen MR) is 120 cm³/mol. The topological polar surface area (TPSA) is 49.4 Å². The molecule has 4 nitrogen and oxygen atoms in total. The number of nitrogens with one attached hydrogen (secondary N) is 1. The molecule has 156 valence electrons. The van der Waals surface area contributed by atoms with E-state index in [4.69, 9.17) is 34.8 Å². The van der Waals surface area contributed by atoms with Crippen LogP contribution in [0.5, 0.6) is 0 Å². The van der Waals surface area contributed by atoms with Crippen LogP contribution in [0.3, 0.4) is 0 Å². The zero-order valence-electron chi connectivity index (χ0n) is 16.9. The van der Waals surface area contributed by atoms with E-state index >= 15 is 0 Å². The van der Waals surface area contributed by atoms with Crippen molar-refractivity contribution in [2.75, 3.05) is 0 Å². The molecule has 0 aliphatic rings. The molecule has 7 heteroatoms. The Bertz CT molecular complexity index is 874. The fraction of sp³-hybridized carbons (Fsp3) is 0.364. The maximum Gasteiger partial charge on any atom is 0.242 e. The molecule has 1 N–H and O–H groups in total. The van der Waals surface area contributed by atoms with Gasteiger partial charge >= 0.3 is 0 Å². The van der Waals surface area contributed by atoms with E-state index in [2.05, 4.69) is 5.32 Å². The Labute approximate surface area is 187 Å². The summed E-state index contributed by atoms with van der Waals surface area (Å²) in [5, 5.41) is 4.31. The van der Waals surface area contributed by atoms with Gasteiger partial charge in [-0.3, -0.25) is 9.59 Å². The maximum absolute atomic E-state index is 13.2. The van der Waals surface area contributed by atoms with Crippen molar-refractivity contribution in [1.82, 2.24) is 10.2 Å². The van der Waals surface area contributed by atoms with Gasteiger partial charge in [0.15, 0.2) is 0 Å². The molecule has 1 atom stereocenters. The molecule has 0 aromatic heterocycles. The Morgan fingerprint density at radius 2 is 1.52 bits per heavy atom. The highest BCUT2D eigenvalue weighted by Crippen LogP contribution is 2.27. The second kappa shape index (κ2) is 9.84. The normalized spacial score (nSPS) is 12.4. The quantitative estimate of drug-likeness (QED) is 0.623.